The van der Waals surface area contributed by atoms with Gasteiger partial charge in [-0.3, -0.25) is 9.59 Å². The van der Waals surface area contributed by atoms with Gasteiger partial charge in [0.05, 0.1) is 11.8 Å². The third-order valence-corrected chi connectivity index (χ3v) is 5.67. The zero-order valence-electron chi connectivity index (χ0n) is 12.2. The van der Waals surface area contributed by atoms with Crippen LogP contribution in [0.25, 0.3) is 0 Å². The average molecular weight is 290 g/mol. The zero-order valence-corrected chi connectivity index (χ0v) is 12.2. The van der Waals surface area contributed by atoms with Gasteiger partial charge in [0.15, 0.2) is 0 Å². The second-order valence-corrected chi connectivity index (χ2v) is 6.98. The molecule has 21 heavy (non-hydrogen) atoms. The first kappa shape index (κ1) is 13.4. The second kappa shape index (κ2) is 5.15. The molecule has 3 fully saturated rings. The minimum absolute atomic E-state index is 0.0870. The summed E-state index contributed by atoms with van der Waals surface area (Å²) in [6, 6.07) is 0. The average Bonchev–Trinajstić information content (AvgIpc) is 2.97. The SMILES string of the molecule is O=C(OC1CCC1)C1C2C=CC(C2)C1C(=O)OC1CCC1. The van der Waals surface area contributed by atoms with Crippen LogP contribution in [0.3, 0.4) is 0 Å². The van der Waals surface area contributed by atoms with E-state index in [1.807, 2.05) is 0 Å². The van der Waals surface area contributed by atoms with E-state index >= 15 is 0 Å². The molecule has 2 bridgehead atoms. The Bertz CT molecular complexity index is 433. The van der Waals surface area contributed by atoms with E-state index in [9.17, 15) is 9.59 Å². The first-order chi connectivity index (χ1) is 10.2. The molecule has 4 rings (SSSR count). The van der Waals surface area contributed by atoms with E-state index in [0.717, 1.165) is 44.9 Å². The number of rotatable bonds is 4. The fourth-order valence-electron chi connectivity index (χ4n) is 3.93. The summed E-state index contributed by atoms with van der Waals surface area (Å²) in [4.78, 5) is 24.9. The lowest BCUT2D eigenvalue weighted by atomic mass is 9.82. The van der Waals surface area contributed by atoms with Crippen LogP contribution in [-0.2, 0) is 19.1 Å². The van der Waals surface area contributed by atoms with Crippen LogP contribution in [0.1, 0.15) is 44.9 Å². The van der Waals surface area contributed by atoms with Crippen LogP contribution in [0.15, 0.2) is 12.2 Å². The molecule has 0 aromatic carbocycles. The van der Waals surface area contributed by atoms with Crippen LogP contribution in [0, 0.1) is 23.7 Å². The molecule has 4 aliphatic carbocycles. The Hall–Kier alpha value is -1.32. The van der Waals surface area contributed by atoms with Gasteiger partial charge in [-0.1, -0.05) is 12.2 Å². The Kier molecular flexibility index (Phi) is 3.27. The molecular formula is C17H22O4. The molecule has 4 unspecified atom stereocenters. The van der Waals surface area contributed by atoms with E-state index < -0.39 is 0 Å². The van der Waals surface area contributed by atoms with Crippen LogP contribution < -0.4 is 0 Å². The Morgan fingerprint density at radius 1 is 0.762 bits per heavy atom. The van der Waals surface area contributed by atoms with Crippen molar-refractivity contribution in [3.63, 3.8) is 0 Å². The number of hydrogen-bond donors (Lipinski definition) is 0. The highest BCUT2D eigenvalue weighted by Crippen LogP contribution is 2.49. The van der Waals surface area contributed by atoms with E-state index in [2.05, 4.69) is 12.2 Å². The van der Waals surface area contributed by atoms with E-state index in [4.69, 9.17) is 9.47 Å². The van der Waals surface area contributed by atoms with Crippen molar-refractivity contribution in [1.29, 1.82) is 0 Å². The van der Waals surface area contributed by atoms with Crippen molar-refractivity contribution in [1.82, 2.24) is 0 Å². The molecule has 4 aliphatic rings. The lowest BCUT2D eigenvalue weighted by Crippen LogP contribution is -2.39. The zero-order chi connectivity index (χ0) is 14.4. The third kappa shape index (κ3) is 2.29. The van der Waals surface area contributed by atoms with Crippen molar-refractivity contribution in [2.45, 2.75) is 57.2 Å². The van der Waals surface area contributed by atoms with Crippen molar-refractivity contribution >= 4 is 11.9 Å². The molecule has 0 saturated heterocycles. The number of ether oxygens (including phenoxy) is 2. The summed E-state index contributed by atoms with van der Waals surface area (Å²) < 4.78 is 11.1. The second-order valence-electron chi connectivity index (χ2n) is 6.98. The first-order valence-electron chi connectivity index (χ1n) is 8.31. The van der Waals surface area contributed by atoms with Crippen molar-refractivity contribution in [2.24, 2.45) is 23.7 Å². The van der Waals surface area contributed by atoms with E-state index in [-0.39, 0.29) is 47.8 Å². The van der Waals surface area contributed by atoms with Gasteiger partial charge in [0.1, 0.15) is 12.2 Å². The minimum atomic E-state index is -0.312. The topological polar surface area (TPSA) is 52.6 Å². The molecule has 3 saturated carbocycles. The molecule has 0 N–H and O–H groups in total. The van der Waals surface area contributed by atoms with Gasteiger partial charge in [0.2, 0.25) is 0 Å². The number of hydrogen-bond acceptors (Lipinski definition) is 4. The summed E-state index contributed by atoms with van der Waals surface area (Å²) in [6.07, 6.45) is 11.4. The summed E-state index contributed by atoms with van der Waals surface area (Å²) in [6.45, 7) is 0. The van der Waals surface area contributed by atoms with Crippen LogP contribution in [0.2, 0.25) is 0 Å². The molecule has 0 amide bonds. The van der Waals surface area contributed by atoms with Crippen LogP contribution in [0.5, 0.6) is 0 Å². The number of esters is 2. The number of allylic oxidation sites excluding steroid dienone is 2. The molecule has 4 atom stereocenters. The fourth-order valence-corrected chi connectivity index (χ4v) is 3.93. The van der Waals surface area contributed by atoms with Gasteiger partial charge in [0, 0.05) is 0 Å². The van der Waals surface area contributed by atoms with Crippen LogP contribution >= 0.6 is 0 Å². The highest BCUT2D eigenvalue weighted by atomic mass is 16.6. The standard InChI is InChI=1S/C17H22O4/c18-16(20-12-3-1-4-12)14-10-7-8-11(9-10)15(14)17(19)21-13-5-2-6-13/h7-8,10-15H,1-6,9H2. The van der Waals surface area contributed by atoms with Gasteiger partial charge in [0.25, 0.3) is 0 Å². The molecule has 0 heterocycles. The molecule has 114 valence electrons. The summed E-state index contributed by atoms with van der Waals surface area (Å²) >= 11 is 0. The summed E-state index contributed by atoms with van der Waals surface area (Å²) in [5, 5.41) is 0. The molecule has 4 nitrogen and oxygen atoms in total. The molecule has 0 aliphatic heterocycles. The number of carbonyl (C=O) groups excluding carboxylic acids is 2. The predicted molar refractivity (Wildman–Crippen MR) is 75.2 cm³/mol. The Balaban J connectivity index is 1.45. The van der Waals surface area contributed by atoms with Gasteiger partial charge < -0.3 is 9.47 Å². The van der Waals surface area contributed by atoms with Gasteiger partial charge in [-0.2, -0.15) is 0 Å². The molecule has 0 aromatic rings. The van der Waals surface area contributed by atoms with E-state index in [1.165, 1.54) is 0 Å². The van der Waals surface area contributed by atoms with Crippen LogP contribution in [-0.4, -0.2) is 24.1 Å². The van der Waals surface area contributed by atoms with Crippen molar-refractivity contribution in [3.05, 3.63) is 12.2 Å². The van der Waals surface area contributed by atoms with E-state index in [0.29, 0.717) is 0 Å². The highest BCUT2D eigenvalue weighted by molar-refractivity contribution is 5.84. The van der Waals surface area contributed by atoms with Crippen molar-refractivity contribution < 1.29 is 19.1 Å². The fraction of sp³-hybridized carbons (Fsp3) is 0.765. The van der Waals surface area contributed by atoms with Crippen molar-refractivity contribution in [2.75, 3.05) is 0 Å². The lowest BCUT2D eigenvalue weighted by molar-refractivity contribution is -0.171. The van der Waals surface area contributed by atoms with Crippen molar-refractivity contribution in [3.8, 4) is 0 Å². The molecule has 0 aromatic heterocycles. The maximum atomic E-state index is 12.5. The molecule has 0 spiro atoms. The molecule has 4 heteroatoms. The quantitative estimate of drug-likeness (QED) is 0.590. The normalized spacial score (nSPS) is 37.9. The van der Waals surface area contributed by atoms with Crippen LogP contribution in [0.4, 0.5) is 0 Å². The summed E-state index contributed by atoms with van der Waals surface area (Å²) in [7, 11) is 0. The smallest absolute Gasteiger partial charge is 0.310 e. The minimum Gasteiger partial charge on any atom is -0.462 e. The lowest BCUT2D eigenvalue weighted by Gasteiger charge is -2.32. The van der Waals surface area contributed by atoms with E-state index in [1.54, 1.807) is 0 Å². The summed E-state index contributed by atoms with van der Waals surface area (Å²) in [5.41, 5.74) is 0. The Morgan fingerprint density at radius 2 is 1.19 bits per heavy atom. The van der Waals surface area contributed by atoms with Gasteiger partial charge >= 0.3 is 11.9 Å². The summed E-state index contributed by atoms with van der Waals surface area (Å²) in [5.74, 6) is -0.636. The predicted octanol–water partition coefficient (Wildman–Crippen LogP) is 2.62. The van der Waals surface area contributed by atoms with Gasteiger partial charge in [-0.25, -0.2) is 0 Å². The number of carbonyl (C=O) groups is 2. The Morgan fingerprint density at radius 3 is 1.52 bits per heavy atom. The Labute approximate surface area is 124 Å². The first-order valence-corrected chi connectivity index (χ1v) is 8.31. The monoisotopic (exact) mass is 290 g/mol. The maximum Gasteiger partial charge on any atom is 0.310 e. The number of fused-ring (bicyclic) bond motifs is 2. The molecule has 0 radical (unpaired) electrons. The van der Waals surface area contributed by atoms with Gasteiger partial charge in [-0.15, -0.1) is 0 Å². The van der Waals surface area contributed by atoms with Gasteiger partial charge in [-0.05, 0) is 56.8 Å². The third-order valence-electron chi connectivity index (χ3n) is 5.67. The largest absolute Gasteiger partial charge is 0.462 e. The molecular weight excluding hydrogens is 268 g/mol. The highest BCUT2D eigenvalue weighted by Gasteiger charge is 2.53. The maximum absolute atomic E-state index is 12.5.